The first kappa shape index (κ1) is 19.0. The van der Waals surface area contributed by atoms with Crippen molar-refractivity contribution in [2.45, 2.75) is 6.42 Å². The Morgan fingerprint density at radius 3 is 1.24 bits per heavy atom. The van der Waals surface area contributed by atoms with E-state index in [-0.39, 0.29) is 0 Å². The van der Waals surface area contributed by atoms with Crippen molar-refractivity contribution in [1.82, 2.24) is 0 Å². The first-order chi connectivity index (χ1) is 14.3. The van der Waals surface area contributed by atoms with E-state index < -0.39 is 0 Å². The molecule has 0 atom stereocenters. The van der Waals surface area contributed by atoms with Gasteiger partial charge in [-0.1, -0.05) is 84.9 Å². The number of nitrogens with zero attached hydrogens (tertiary/aromatic N) is 1. The van der Waals surface area contributed by atoms with Crippen molar-refractivity contribution in [1.29, 1.82) is 0 Å². The number of anilines is 2. The van der Waals surface area contributed by atoms with E-state index in [1.807, 2.05) is 12.1 Å². The molecular weight excluding hydrogens is 352 g/mol. The summed E-state index contributed by atoms with van der Waals surface area (Å²) in [6.45, 7) is 1.58. The van der Waals surface area contributed by atoms with E-state index in [9.17, 15) is 0 Å². The summed E-state index contributed by atoms with van der Waals surface area (Å²) in [5.41, 5.74) is 13.1. The lowest BCUT2D eigenvalue weighted by molar-refractivity contribution is 0.818. The Balaban J connectivity index is 1.60. The molecule has 0 heterocycles. The van der Waals surface area contributed by atoms with Crippen LogP contribution in [-0.2, 0) is 0 Å². The molecule has 4 aromatic carbocycles. The largest absolute Gasteiger partial charge is 0.341 e. The molecule has 0 aliphatic heterocycles. The van der Waals surface area contributed by atoms with Crippen LogP contribution in [0.3, 0.4) is 0 Å². The molecule has 2 nitrogen and oxygen atoms in total. The Hall–Kier alpha value is -3.36. The topological polar surface area (TPSA) is 29.3 Å². The lowest BCUT2D eigenvalue weighted by Crippen LogP contribution is -2.20. The highest BCUT2D eigenvalue weighted by Gasteiger charge is 2.10. The fourth-order valence-corrected chi connectivity index (χ4v) is 3.59. The molecule has 0 saturated carbocycles. The first-order valence-corrected chi connectivity index (χ1v) is 10.1. The SMILES string of the molecule is NCCCN(c1ccc(-c2ccccc2)cc1)c1ccc(-c2ccccc2)cc1. The van der Waals surface area contributed by atoms with E-state index in [4.69, 9.17) is 5.73 Å². The maximum absolute atomic E-state index is 5.81. The van der Waals surface area contributed by atoms with E-state index in [0.29, 0.717) is 6.54 Å². The molecule has 0 unspecified atom stereocenters. The standard InChI is InChI=1S/C27H26N2/c28-20-7-21-29(26-16-12-24(13-17-26)22-8-3-1-4-9-22)27-18-14-25(15-19-27)23-10-5-2-6-11-23/h1-6,8-19H,7,20-21,28H2. The minimum Gasteiger partial charge on any atom is -0.341 e. The highest BCUT2D eigenvalue weighted by molar-refractivity contribution is 5.72. The van der Waals surface area contributed by atoms with Crippen molar-refractivity contribution in [3.8, 4) is 22.3 Å². The van der Waals surface area contributed by atoms with Gasteiger partial charge in [0.2, 0.25) is 0 Å². The van der Waals surface area contributed by atoms with Crippen LogP contribution in [0.2, 0.25) is 0 Å². The van der Waals surface area contributed by atoms with Crippen molar-refractivity contribution < 1.29 is 0 Å². The van der Waals surface area contributed by atoms with Gasteiger partial charge < -0.3 is 10.6 Å². The van der Waals surface area contributed by atoms with Gasteiger partial charge in [0.05, 0.1) is 0 Å². The summed E-state index contributed by atoms with van der Waals surface area (Å²) in [7, 11) is 0. The molecule has 0 radical (unpaired) electrons. The number of benzene rings is 4. The monoisotopic (exact) mass is 378 g/mol. The molecule has 2 N–H and O–H groups in total. The first-order valence-electron chi connectivity index (χ1n) is 10.1. The van der Waals surface area contributed by atoms with E-state index in [1.165, 1.54) is 33.6 Å². The molecule has 0 spiro atoms. The third-order valence-electron chi connectivity index (χ3n) is 5.16. The van der Waals surface area contributed by atoms with Crippen molar-refractivity contribution >= 4 is 11.4 Å². The molecule has 29 heavy (non-hydrogen) atoms. The zero-order valence-electron chi connectivity index (χ0n) is 16.5. The third kappa shape index (κ3) is 4.56. The minimum absolute atomic E-state index is 0.681. The molecular formula is C27H26N2. The number of hydrogen-bond acceptors (Lipinski definition) is 2. The molecule has 144 valence electrons. The maximum Gasteiger partial charge on any atom is 0.0411 e. The van der Waals surface area contributed by atoms with Crippen LogP contribution in [0.25, 0.3) is 22.3 Å². The van der Waals surface area contributed by atoms with Gasteiger partial charge in [0.15, 0.2) is 0 Å². The van der Waals surface area contributed by atoms with Gasteiger partial charge in [-0.25, -0.2) is 0 Å². The van der Waals surface area contributed by atoms with E-state index >= 15 is 0 Å². The van der Waals surface area contributed by atoms with Crippen LogP contribution in [-0.4, -0.2) is 13.1 Å². The molecule has 0 aliphatic carbocycles. The van der Waals surface area contributed by atoms with Crippen LogP contribution in [0.5, 0.6) is 0 Å². The Morgan fingerprint density at radius 2 is 0.862 bits per heavy atom. The van der Waals surface area contributed by atoms with E-state index in [1.54, 1.807) is 0 Å². The summed E-state index contributed by atoms with van der Waals surface area (Å²) in [6, 6.07) is 38.5. The number of rotatable bonds is 7. The number of hydrogen-bond donors (Lipinski definition) is 1. The van der Waals surface area contributed by atoms with Crippen molar-refractivity contribution in [3.63, 3.8) is 0 Å². The van der Waals surface area contributed by atoms with Crippen LogP contribution in [0.4, 0.5) is 11.4 Å². The summed E-state index contributed by atoms with van der Waals surface area (Å²) in [5, 5.41) is 0. The second kappa shape index (κ2) is 9.22. The fraction of sp³-hybridized carbons (Fsp3) is 0.111. The molecule has 0 amide bonds. The fourth-order valence-electron chi connectivity index (χ4n) is 3.59. The van der Waals surface area contributed by atoms with Gasteiger partial charge in [-0.05, 0) is 59.5 Å². The summed E-state index contributed by atoms with van der Waals surface area (Å²) in [5.74, 6) is 0. The third-order valence-corrected chi connectivity index (χ3v) is 5.16. The molecule has 0 saturated heterocycles. The quantitative estimate of drug-likeness (QED) is 0.397. The predicted octanol–water partition coefficient (Wildman–Crippen LogP) is 6.51. The van der Waals surface area contributed by atoms with Gasteiger partial charge in [-0.2, -0.15) is 0 Å². The summed E-state index contributed by atoms with van der Waals surface area (Å²) >= 11 is 0. The van der Waals surface area contributed by atoms with Gasteiger partial charge in [0.25, 0.3) is 0 Å². The van der Waals surface area contributed by atoms with E-state index in [2.05, 4.69) is 102 Å². The smallest absolute Gasteiger partial charge is 0.0411 e. The highest BCUT2D eigenvalue weighted by Crippen LogP contribution is 2.30. The second-order valence-corrected chi connectivity index (χ2v) is 7.12. The lowest BCUT2D eigenvalue weighted by Gasteiger charge is -2.25. The average Bonchev–Trinajstić information content (AvgIpc) is 2.81. The van der Waals surface area contributed by atoms with Crippen molar-refractivity contribution in [2.75, 3.05) is 18.0 Å². The Kier molecular flexibility index (Phi) is 6.04. The molecule has 2 heteroatoms. The molecule has 0 aromatic heterocycles. The highest BCUT2D eigenvalue weighted by atomic mass is 15.1. The van der Waals surface area contributed by atoms with Crippen molar-refractivity contribution in [2.24, 2.45) is 5.73 Å². The zero-order chi connectivity index (χ0) is 19.9. The van der Waals surface area contributed by atoms with Gasteiger partial charge in [0, 0.05) is 17.9 Å². The van der Waals surface area contributed by atoms with Crippen LogP contribution in [0, 0.1) is 0 Å². The van der Waals surface area contributed by atoms with Crippen LogP contribution < -0.4 is 10.6 Å². The van der Waals surface area contributed by atoms with Gasteiger partial charge in [-0.3, -0.25) is 0 Å². The van der Waals surface area contributed by atoms with Crippen LogP contribution in [0.15, 0.2) is 109 Å². The Labute approximate surface area is 173 Å². The van der Waals surface area contributed by atoms with Gasteiger partial charge in [0.1, 0.15) is 0 Å². The van der Waals surface area contributed by atoms with Crippen LogP contribution >= 0.6 is 0 Å². The normalized spacial score (nSPS) is 10.7. The Bertz CT molecular complexity index is 925. The summed E-state index contributed by atoms with van der Waals surface area (Å²) < 4.78 is 0. The van der Waals surface area contributed by atoms with Gasteiger partial charge >= 0.3 is 0 Å². The molecule has 0 bridgehead atoms. The summed E-state index contributed by atoms with van der Waals surface area (Å²) in [4.78, 5) is 2.34. The lowest BCUT2D eigenvalue weighted by atomic mass is 10.0. The maximum atomic E-state index is 5.81. The summed E-state index contributed by atoms with van der Waals surface area (Å²) in [6.07, 6.45) is 0.945. The van der Waals surface area contributed by atoms with Gasteiger partial charge in [-0.15, -0.1) is 0 Å². The van der Waals surface area contributed by atoms with Crippen LogP contribution in [0.1, 0.15) is 6.42 Å². The second-order valence-electron chi connectivity index (χ2n) is 7.12. The average molecular weight is 379 g/mol. The molecule has 4 rings (SSSR count). The minimum atomic E-state index is 0.681. The van der Waals surface area contributed by atoms with E-state index in [0.717, 1.165) is 13.0 Å². The number of nitrogens with two attached hydrogens (primary N) is 1. The zero-order valence-corrected chi connectivity index (χ0v) is 16.5. The molecule has 4 aromatic rings. The molecule has 0 fully saturated rings. The Morgan fingerprint density at radius 1 is 0.483 bits per heavy atom. The van der Waals surface area contributed by atoms with Crippen molar-refractivity contribution in [3.05, 3.63) is 109 Å². The predicted molar refractivity (Wildman–Crippen MR) is 124 cm³/mol. The molecule has 0 aliphatic rings.